The van der Waals surface area contributed by atoms with Crippen LogP contribution >= 0.6 is 12.2 Å². The largest absolute Gasteiger partial charge is 0.337 e. The van der Waals surface area contributed by atoms with Crippen LogP contribution in [0, 0.1) is 11.7 Å². The minimum atomic E-state index is 0.743. The van der Waals surface area contributed by atoms with Crippen molar-refractivity contribution in [3.05, 3.63) is 59.3 Å². The van der Waals surface area contributed by atoms with Gasteiger partial charge in [0.1, 0.15) is 0 Å². The first-order valence-electron chi connectivity index (χ1n) is 6.57. The summed E-state index contributed by atoms with van der Waals surface area (Å²) in [6, 6.07) is 10.3. The first kappa shape index (κ1) is 12.9. The maximum Gasteiger partial charge on any atom is 0.177 e. The van der Waals surface area contributed by atoms with Gasteiger partial charge < -0.3 is 9.55 Å². The van der Waals surface area contributed by atoms with Crippen LogP contribution in [0.4, 0.5) is 0 Å². The first-order chi connectivity index (χ1) is 9.74. The number of aryl methyl sites for hydroxylation is 2. The highest BCUT2D eigenvalue weighted by Crippen LogP contribution is 2.19. The average molecular weight is 284 g/mol. The summed E-state index contributed by atoms with van der Waals surface area (Å²) < 4.78 is 4.80. The standard InChI is InChI=1S/C15H16N4S/c1-12-9-17-18(11-12)7-8-19-14(10-16-15(19)20)13-5-3-2-4-6-13/h2-6,9-11H,7-8H2,1H3,(H,16,20). The van der Waals surface area contributed by atoms with E-state index in [1.54, 1.807) is 0 Å². The second kappa shape index (κ2) is 5.46. The van der Waals surface area contributed by atoms with Crippen LogP contribution < -0.4 is 0 Å². The van der Waals surface area contributed by atoms with Crippen molar-refractivity contribution in [3.63, 3.8) is 0 Å². The fourth-order valence-electron chi connectivity index (χ4n) is 2.26. The Hall–Kier alpha value is -2.14. The minimum absolute atomic E-state index is 0.743. The Morgan fingerprint density at radius 2 is 2.00 bits per heavy atom. The van der Waals surface area contributed by atoms with Crippen molar-refractivity contribution in [2.45, 2.75) is 20.0 Å². The van der Waals surface area contributed by atoms with E-state index in [-0.39, 0.29) is 0 Å². The van der Waals surface area contributed by atoms with Gasteiger partial charge in [0.25, 0.3) is 0 Å². The molecule has 0 bridgehead atoms. The monoisotopic (exact) mass is 284 g/mol. The Bertz CT molecular complexity index is 752. The zero-order valence-electron chi connectivity index (χ0n) is 11.3. The van der Waals surface area contributed by atoms with Crippen LogP contribution in [-0.4, -0.2) is 19.3 Å². The zero-order chi connectivity index (χ0) is 13.9. The number of H-pyrrole nitrogens is 1. The third kappa shape index (κ3) is 2.58. The maximum atomic E-state index is 5.37. The summed E-state index contributed by atoms with van der Waals surface area (Å²) in [4.78, 5) is 3.13. The molecule has 0 aliphatic rings. The first-order valence-corrected chi connectivity index (χ1v) is 6.97. The van der Waals surface area contributed by atoms with E-state index in [1.165, 1.54) is 5.56 Å². The number of nitrogens with one attached hydrogen (secondary N) is 1. The summed E-state index contributed by atoms with van der Waals surface area (Å²) in [6.45, 7) is 3.65. The molecule has 2 heterocycles. The van der Waals surface area contributed by atoms with Crippen LogP contribution in [-0.2, 0) is 13.1 Å². The lowest BCUT2D eigenvalue weighted by Crippen LogP contribution is -2.09. The van der Waals surface area contributed by atoms with Crippen LogP contribution in [0.3, 0.4) is 0 Å². The van der Waals surface area contributed by atoms with Crippen molar-refractivity contribution in [1.29, 1.82) is 0 Å². The molecule has 1 N–H and O–H groups in total. The average Bonchev–Trinajstić information content (AvgIpc) is 3.04. The van der Waals surface area contributed by atoms with Crippen LogP contribution in [0.5, 0.6) is 0 Å². The molecule has 0 radical (unpaired) electrons. The molecule has 0 saturated heterocycles. The van der Waals surface area contributed by atoms with Gasteiger partial charge in [0.05, 0.1) is 18.4 Å². The van der Waals surface area contributed by atoms with Gasteiger partial charge in [-0.25, -0.2) is 0 Å². The molecule has 0 aliphatic carbocycles. The van der Waals surface area contributed by atoms with Crippen molar-refractivity contribution in [3.8, 4) is 11.3 Å². The number of aromatic nitrogens is 4. The summed E-state index contributed by atoms with van der Waals surface area (Å²) in [5.74, 6) is 0. The molecular formula is C15H16N4S. The number of rotatable bonds is 4. The Morgan fingerprint density at radius 3 is 2.70 bits per heavy atom. The highest BCUT2D eigenvalue weighted by molar-refractivity contribution is 7.71. The molecule has 0 amide bonds. The molecule has 0 saturated carbocycles. The van der Waals surface area contributed by atoms with Gasteiger partial charge in [-0.15, -0.1) is 0 Å². The summed E-state index contributed by atoms with van der Waals surface area (Å²) >= 11 is 5.37. The Morgan fingerprint density at radius 1 is 1.20 bits per heavy atom. The van der Waals surface area contributed by atoms with Gasteiger partial charge in [-0.1, -0.05) is 30.3 Å². The van der Waals surface area contributed by atoms with Crippen molar-refractivity contribution >= 4 is 12.2 Å². The molecule has 3 aromatic rings. The highest BCUT2D eigenvalue weighted by Gasteiger charge is 2.06. The number of nitrogens with zero attached hydrogens (tertiary/aromatic N) is 3. The summed E-state index contributed by atoms with van der Waals surface area (Å²) in [5, 5.41) is 4.31. The molecule has 0 aliphatic heterocycles. The number of imidazole rings is 1. The number of hydrogen-bond donors (Lipinski definition) is 1. The van der Waals surface area contributed by atoms with Gasteiger partial charge in [0.2, 0.25) is 0 Å². The van der Waals surface area contributed by atoms with Gasteiger partial charge >= 0.3 is 0 Å². The molecule has 0 unspecified atom stereocenters. The second-order valence-electron chi connectivity index (χ2n) is 4.78. The SMILES string of the molecule is Cc1cnn(CCn2c(-c3ccccc3)c[nH]c2=S)c1. The van der Waals surface area contributed by atoms with Gasteiger partial charge in [-0.2, -0.15) is 5.10 Å². The molecule has 20 heavy (non-hydrogen) atoms. The molecule has 2 aromatic heterocycles. The van der Waals surface area contributed by atoms with E-state index in [0.717, 1.165) is 29.1 Å². The molecule has 5 heteroatoms. The van der Waals surface area contributed by atoms with E-state index in [1.807, 2.05) is 48.4 Å². The van der Waals surface area contributed by atoms with E-state index < -0.39 is 0 Å². The van der Waals surface area contributed by atoms with Crippen LogP contribution in [0.2, 0.25) is 0 Å². The fourth-order valence-corrected chi connectivity index (χ4v) is 2.51. The lowest BCUT2D eigenvalue weighted by molar-refractivity contribution is 0.532. The fraction of sp³-hybridized carbons (Fsp3) is 0.200. The zero-order valence-corrected chi connectivity index (χ0v) is 12.1. The van der Waals surface area contributed by atoms with Crippen molar-refractivity contribution in [2.24, 2.45) is 0 Å². The van der Waals surface area contributed by atoms with Gasteiger partial charge in [-0.3, -0.25) is 4.68 Å². The second-order valence-corrected chi connectivity index (χ2v) is 5.16. The number of aromatic amines is 1. The van der Waals surface area contributed by atoms with Gasteiger partial charge in [0, 0.05) is 18.9 Å². The summed E-state index contributed by atoms with van der Waals surface area (Å²) in [5.41, 5.74) is 3.45. The predicted molar refractivity (Wildman–Crippen MR) is 82.0 cm³/mol. The predicted octanol–water partition coefficient (Wildman–Crippen LogP) is 3.42. The third-order valence-electron chi connectivity index (χ3n) is 3.25. The Balaban J connectivity index is 1.86. The van der Waals surface area contributed by atoms with Crippen molar-refractivity contribution < 1.29 is 0 Å². The highest BCUT2D eigenvalue weighted by atomic mass is 32.1. The van der Waals surface area contributed by atoms with Crippen LogP contribution in [0.25, 0.3) is 11.3 Å². The smallest absolute Gasteiger partial charge is 0.177 e. The lowest BCUT2D eigenvalue weighted by Gasteiger charge is -2.08. The van der Waals surface area contributed by atoms with E-state index in [0.29, 0.717) is 0 Å². The van der Waals surface area contributed by atoms with E-state index in [4.69, 9.17) is 12.2 Å². The summed E-state index contributed by atoms with van der Waals surface area (Å²) in [6.07, 6.45) is 5.87. The van der Waals surface area contributed by atoms with E-state index in [9.17, 15) is 0 Å². The molecule has 0 fully saturated rings. The molecule has 0 atom stereocenters. The van der Waals surface area contributed by atoms with E-state index in [2.05, 4.69) is 26.8 Å². The van der Waals surface area contributed by atoms with Crippen molar-refractivity contribution in [1.82, 2.24) is 19.3 Å². The normalized spacial score (nSPS) is 10.8. The van der Waals surface area contributed by atoms with Crippen molar-refractivity contribution in [2.75, 3.05) is 0 Å². The van der Waals surface area contributed by atoms with Gasteiger partial charge in [0.15, 0.2) is 4.77 Å². The van der Waals surface area contributed by atoms with Crippen LogP contribution in [0.15, 0.2) is 48.9 Å². The lowest BCUT2D eigenvalue weighted by atomic mass is 10.2. The molecule has 1 aromatic carbocycles. The molecule has 4 nitrogen and oxygen atoms in total. The minimum Gasteiger partial charge on any atom is -0.337 e. The number of benzene rings is 1. The molecule has 102 valence electrons. The Labute approximate surface area is 122 Å². The topological polar surface area (TPSA) is 38.5 Å². The third-order valence-corrected chi connectivity index (χ3v) is 3.59. The number of hydrogen-bond acceptors (Lipinski definition) is 2. The Kier molecular flexibility index (Phi) is 3.52. The van der Waals surface area contributed by atoms with E-state index >= 15 is 0 Å². The summed E-state index contributed by atoms with van der Waals surface area (Å²) in [7, 11) is 0. The molecule has 3 rings (SSSR count). The molecule has 0 spiro atoms. The van der Waals surface area contributed by atoms with Gasteiger partial charge in [-0.05, 0) is 30.3 Å². The van der Waals surface area contributed by atoms with Crippen LogP contribution in [0.1, 0.15) is 5.56 Å². The maximum absolute atomic E-state index is 5.37. The molecular weight excluding hydrogens is 268 g/mol. The quantitative estimate of drug-likeness (QED) is 0.746.